The minimum absolute atomic E-state index is 0.113. The highest BCUT2D eigenvalue weighted by Crippen LogP contribution is 1.69. The summed E-state index contributed by atoms with van der Waals surface area (Å²) in [6.45, 7) is 2.22. The molecule has 0 heterocycles. The fraction of sp³-hybridized carbons (Fsp3) is 0.750. The molecule has 0 spiro atoms. The summed E-state index contributed by atoms with van der Waals surface area (Å²) in [7, 11) is -1.47. The van der Waals surface area contributed by atoms with Gasteiger partial charge in [0.15, 0.2) is 11.9 Å². The van der Waals surface area contributed by atoms with Gasteiger partial charge in [-0.15, -0.1) is 0 Å². The summed E-state index contributed by atoms with van der Waals surface area (Å²) in [5.74, 6) is 0.226. The van der Waals surface area contributed by atoms with Crippen LogP contribution in [0.4, 0.5) is 0 Å². The highest BCUT2D eigenvalue weighted by Gasteiger charge is 1.84. The van der Waals surface area contributed by atoms with Crippen LogP contribution in [0.5, 0.6) is 0 Å². The molecule has 0 aromatic carbocycles. The van der Waals surface area contributed by atoms with Crippen molar-refractivity contribution < 1.29 is 27.0 Å². The molecule has 0 aliphatic carbocycles. The Kier molecular flexibility index (Phi) is 19.0. The predicted molar refractivity (Wildman–Crippen MR) is 79.3 cm³/mol. The third-order valence-electron chi connectivity index (χ3n) is 1.18. The molecule has 13 heteroatoms. The molecule has 0 amide bonds. The lowest BCUT2D eigenvalue weighted by Crippen LogP contribution is -2.23. The first-order valence-corrected chi connectivity index (χ1v) is 6.72. The molecule has 0 aliphatic heterocycles. The van der Waals surface area contributed by atoms with Crippen LogP contribution in [0.1, 0.15) is 0 Å². The van der Waals surface area contributed by atoms with Crippen LogP contribution in [-0.2, 0) is 19.9 Å². The van der Waals surface area contributed by atoms with E-state index >= 15 is 0 Å². The van der Waals surface area contributed by atoms with Gasteiger partial charge in [0.2, 0.25) is 0 Å². The van der Waals surface area contributed by atoms with Crippen LogP contribution in [0.25, 0.3) is 0 Å². The summed E-state index contributed by atoms with van der Waals surface area (Å²) in [6.07, 6.45) is 0. The molecular formula is C8H24N6O6S. The first kappa shape index (κ1) is 24.4. The molecule has 0 saturated heterocycles. The van der Waals surface area contributed by atoms with Crippen LogP contribution in [0.3, 0.4) is 0 Å². The molecular weight excluding hydrogens is 308 g/mol. The van der Waals surface area contributed by atoms with Crippen LogP contribution < -0.4 is 22.9 Å². The van der Waals surface area contributed by atoms with Crippen LogP contribution in [0.15, 0.2) is 9.98 Å². The zero-order valence-corrected chi connectivity index (χ0v) is 12.8. The van der Waals surface area contributed by atoms with E-state index in [4.69, 9.17) is 40.5 Å². The van der Waals surface area contributed by atoms with Gasteiger partial charge in [-0.05, 0) is 0 Å². The first-order chi connectivity index (χ1) is 9.54. The van der Waals surface area contributed by atoms with Crippen LogP contribution >= 0.6 is 0 Å². The summed E-state index contributed by atoms with van der Waals surface area (Å²) >= 11 is 0. The van der Waals surface area contributed by atoms with E-state index in [0.29, 0.717) is 26.3 Å². The third kappa shape index (κ3) is 70.4. The number of nitrogens with zero attached hydrogens (tertiary/aromatic N) is 2. The van der Waals surface area contributed by atoms with E-state index in [1.165, 1.54) is 0 Å². The monoisotopic (exact) mass is 332 g/mol. The van der Waals surface area contributed by atoms with Gasteiger partial charge in [0, 0.05) is 14.2 Å². The normalized spacial score (nSPS) is 9.33. The molecule has 0 radical (unpaired) electrons. The van der Waals surface area contributed by atoms with E-state index in [9.17, 15) is 0 Å². The Labute approximate surface area is 123 Å². The number of nitrogens with two attached hydrogens (primary N) is 4. The average Bonchev–Trinajstić information content (AvgIpc) is 2.27. The molecule has 0 aliphatic rings. The number of aliphatic imine (C=N–C) groups is 2. The lowest BCUT2D eigenvalue weighted by molar-refractivity contribution is 0.208. The maximum atomic E-state index is 8.74. The van der Waals surface area contributed by atoms with Crippen molar-refractivity contribution >= 4 is 22.3 Å². The molecule has 21 heavy (non-hydrogen) atoms. The molecule has 10 N–H and O–H groups in total. The van der Waals surface area contributed by atoms with E-state index in [2.05, 4.69) is 19.5 Å². The van der Waals surface area contributed by atoms with Crippen LogP contribution in [-0.4, -0.2) is 70.0 Å². The van der Waals surface area contributed by atoms with Gasteiger partial charge in [-0.2, -0.15) is 8.42 Å². The third-order valence-corrected chi connectivity index (χ3v) is 1.18. The van der Waals surface area contributed by atoms with Gasteiger partial charge in [-0.3, -0.25) is 19.1 Å². The van der Waals surface area contributed by atoms with Crippen molar-refractivity contribution in [3.63, 3.8) is 0 Å². The molecule has 0 aromatic rings. The second kappa shape index (κ2) is 16.4. The van der Waals surface area contributed by atoms with E-state index in [0.717, 1.165) is 0 Å². The molecule has 0 bridgehead atoms. The van der Waals surface area contributed by atoms with E-state index in [-0.39, 0.29) is 11.9 Å². The number of guanidine groups is 2. The van der Waals surface area contributed by atoms with E-state index < -0.39 is 10.4 Å². The maximum absolute atomic E-state index is 8.74. The Bertz CT molecular complexity index is 347. The Morgan fingerprint density at radius 2 is 1.14 bits per heavy atom. The minimum Gasteiger partial charge on any atom is -0.383 e. The van der Waals surface area contributed by atoms with Crippen LogP contribution in [0.2, 0.25) is 0 Å². The van der Waals surface area contributed by atoms with E-state index in [1.54, 1.807) is 14.2 Å². The van der Waals surface area contributed by atoms with Gasteiger partial charge in [-0.1, -0.05) is 0 Å². The van der Waals surface area contributed by atoms with Gasteiger partial charge in [0.05, 0.1) is 26.3 Å². The molecule has 128 valence electrons. The maximum Gasteiger partial charge on any atom is 0.394 e. The highest BCUT2D eigenvalue weighted by atomic mass is 32.3. The summed E-state index contributed by atoms with van der Waals surface area (Å²) < 4.78 is 40.9. The van der Waals surface area contributed by atoms with Gasteiger partial charge >= 0.3 is 10.4 Å². The average molecular weight is 332 g/mol. The molecule has 0 saturated carbocycles. The van der Waals surface area contributed by atoms with Crippen molar-refractivity contribution in [1.29, 1.82) is 0 Å². The summed E-state index contributed by atoms with van der Waals surface area (Å²) in [5.41, 5.74) is 20.0. The van der Waals surface area contributed by atoms with Crippen molar-refractivity contribution in [3.05, 3.63) is 0 Å². The summed E-state index contributed by atoms with van der Waals surface area (Å²) in [5, 5.41) is 0. The van der Waals surface area contributed by atoms with Gasteiger partial charge in [0.25, 0.3) is 0 Å². The van der Waals surface area contributed by atoms with Crippen molar-refractivity contribution in [3.8, 4) is 0 Å². The van der Waals surface area contributed by atoms with Gasteiger partial charge in [-0.25, -0.2) is 0 Å². The van der Waals surface area contributed by atoms with Crippen LogP contribution in [0, 0.1) is 0 Å². The quantitative estimate of drug-likeness (QED) is 0.126. The lowest BCUT2D eigenvalue weighted by Gasteiger charge is -1.91. The molecule has 0 unspecified atom stereocenters. The Morgan fingerprint density at radius 3 is 1.29 bits per heavy atom. The summed E-state index contributed by atoms with van der Waals surface area (Å²) in [4.78, 5) is 7.32. The fourth-order valence-corrected chi connectivity index (χ4v) is 0.532. The largest absolute Gasteiger partial charge is 0.394 e. The number of hydrogen-bond donors (Lipinski definition) is 6. The fourth-order valence-electron chi connectivity index (χ4n) is 0.532. The zero-order chi connectivity index (χ0) is 17.3. The zero-order valence-electron chi connectivity index (χ0n) is 12.0. The molecule has 0 atom stereocenters. The SMILES string of the molecule is COCCN=C(N)N.COCCN=C(N)N.O=S(=O)(O)O. The molecule has 0 fully saturated rings. The second-order valence-corrected chi connectivity index (χ2v) is 3.94. The van der Waals surface area contributed by atoms with Crippen molar-refractivity contribution in [2.75, 3.05) is 40.5 Å². The Hall–Kier alpha value is -1.67. The standard InChI is InChI=1S/2C4H11N3O.H2O4S/c2*1-8-3-2-7-4(5)6;1-5(2,3)4/h2*2-3H2,1H3,(H4,5,6,7);(H2,1,2,3,4). The minimum atomic E-state index is -4.67. The van der Waals surface area contributed by atoms with E-state index in [1.807, 2.05) is 0 Å². The van der Waals surface area contributed by atoms with Crippen molar-refractivity contribution in [1.82, 2.24) is 0 Å². The number of rotatable bonds is 6. The Morgan fingerprint density at radius 1 is 0.905 bits per heavy atom. The molecule has 0 aromatic heterocycles. The number of ether oxygens (including phenoxy) is 2. The smallest absolute Gasteiger partial charge is 0.383 e. The molecule has 12 nitrogen and oxygen atoms in total. The van der Waals surface area contributed by atoms with Crippen molar-refractivity contribution in [2.24, 2.45) is 32.9 Å². The Balaban J connectivity index is -0.000000239. The topological polar surface area (TPSA) is 222 Å². The summed E-state index contributed by atoms with van der Waals surface area (Å²) in [6, 6.07) is 0. The lowest BCUT2D eigenvalue weighted by atomic mass is 10.7. The first-order valence-electron chi connectivity index (χ1n) is 5.33. The van der Waals surface area contributed by atoms with Gasteiger partial charge < -0.3 is 32.4 Å². The number of hydrogen-bond acceptors (Lipinski definition) is 6. The molecule has 0 rings (SSSR count). The number of methoxy groups -OCH3 is 2. The van der Waals surface area contributed by atoms with Crippen molar-refractivity contribution in [2.45, 2.75) is 0 Å². The predicted octanol–water partition coefficient (Wildman–Crippen LogP) is -2.84. The second-order valence-electron chi connectivity index (χ2n) is 3.05. The van der Waals surface area contributed by atoms with Gasteiger partial charge in [0.1, 0.15) is 0 Å². The highest BCUT2D eigenvalue weighted by molar-refractivity contribution is 7.79.